The van der Waals surface area contributed by atoms with Gasteiger partial charge in [0.25, 0.3) is 0 Å². The quantitative estimate of drug-likeness (QED) is 0.00902. The molecule has 8 saturated heterocycles. The molecule has 0 aliphatic carbocycles. The maximum Gasteiger partial charge on any atom is 0.412 e. The van der Waals surface area contributed by atoms with Crippen LogP contribution in [0, 0.1) is 11.8 Å². The van der Waals surface area contributed by atoms with Crippen LogP contribution >= 0.6 is 0 Å². The highest BCUT2D eigenvalue weighted by atomic mass is 16.6. The van der Waals surface area contributed by atoms with E-state index in [1.807, 2.05) is 97.1 Å². The number of fused-ring (bicyclic) bond motifs is 4. The van der Waals surface area contributed by atoms with E-state index in [0.717, 1.165) is 24.1 Å². The summed E-state index contributed by atoms with van der Waals surface area (Å²) in [6.45, 7) is 27.8. The number of rotatable bonds is 29. The number of aliphatic carboxylic acids is 1. The lowest BCUT2D eigenvalue weighted by Crippen LogP contribution is -2.54. The highest BCUT2D eigenvalue weighted by molar-refractivity contribution is 5.90. The number of hydrogen-bond donors (Lipinski definition) is 10. The van der Waals surface area contributed by atoms with Gasteiger partial charge in [-0.05, 0) is 180 Å². The third kappa shape index (κ3) is 31.9. The smallest absolute Gasteiger partial charge is 0.412 e. The first-order valence-electron chi connectivity index (χ1n) is 47.7. The van der Waals surface area contributed by atoms with Crippen molar-refractivity contribution in [1.82, 2.24) is 51.1 Å². The van der Waals surface area contributed by atoms with Crippen LogP contribution in [0.1, 0.15) is 151 Å². The first-order valence-corrected chi connectivity index (χ1v) is 47.7. The van der Waals surface area contributed by atoms with E-state index in [1.165, 1.54) is 11.0 Å². The Kier molecular flexibility index (Phi) is 38.6. The lowest BCUT2D eigenvalue weighted by Gasteiger charge is -2.32. The van der Waals surface area contributed by atoms with Crippen LogP contribution in [0.4, 0.5) is 61.1 Å². The van der Waals surface area contributed by atoms with Crippen molar-refractivity contribution in [2.75, 3.05) is 73.6 Å². The highest BCUT2D eigenvalue weighted by Gasteiger charge is 2.57. The summed E-state index contributed by atoms with van der Waals surface area (Å²) in [5.74, 6) is -3.25. The molecule has 6 aromatic rings. The predicted octanol–water partition coefficient (Wildman–Crippen LogP) is 14.1. The second kappa shape index (κ2) is 50.7. The average molecular weight is 1940 g/mol. The number of unbranched alkanes of at least 4 members (excludes halogenated alkanes) is 1. The highest BCUT2D eigenvalue weighted by Crippen LogP contribution is 2.38. The summed E-state index contributed by atoms with van der Waals surface area (Å²) in [7, 11) is 0. The molecule has 8 heterocycles. The third-order valence-electron chi connectivity index (χ3n) is 24.5. The monoisotopic (exact) mass is 1930 g/mol. The molecule has 14 rings (SSSR count). The van der Waals surface area contributed by atoms with E-state index >= 15 is 0 Å². The molecule has 0 spiro atoms. The number of ether oxygens (including phenoxy) is 9. The third-order valence-corrected chi connectivity index (χ3v) is 24.5. The van der Waals surface area contributed by atoms with Crippen LogP contribution in [-0.4, -0.2) is 262 Å². The number of nitrogens with one attached hydrogen (secondary N) is 9. The van der Waals surface area contributed by atoms with Gasteiger partial charge in [-0.3, -0.25) is 55.0 Å². The number of anilines is 4. The summed E-state index contributed by atoms with van der Waals surface area (Å²) < 4.78 is 50.8. The Morgan fingerprint density at radius 3 is 1.21 bits per heavy atom. The fourth-order valence-corrected chi connectivity index (χ4v) is 18.3. The molecule has 1 unspecified atom stereocenters. The normalized spacial score (nSPS) is 22.0. The van der Waals surface area contributed by atoms with Gasteiger partial charge >= 0.3 is 60.7 Å². The maximum absolute atomic E-state index is 14.5. The van der Waals surface area contributed by atoms with Crippen LogP contribution in [0.5, 0.6) is 0 Å². The summed E-state index contributed by atoms with van der Waals surface area (Å²) in [6, 6.07) is 50.5. The van der Waals surface area contributed by atoms with E-state index in [4.69, 9.17) is 47.7 Å². The molecule has 16 atom stereocenters. The first-order chi connectivity index (χ1) is 66.9. The number of carbonyl (C=O) groups is 13. The lowest BCUT2D eigenvalue weighted by molar-refractivity contribution is -0.159. The minimum Gasteiger partial charge on any atom is -0.481 e. The average Bonchev–Trinajstić information content (AvgIpc) is 1.60. The molecule has 754 valence electrons. The zero-order valence-corrected chi connectivity index (χ0v) is 81.1. The molecular weight excluding hydrogens is 1800 g/mol. The lowest BCUT2D eigenvalue weighted by atomic mass is 9.94. The number of carboxylic acid groups (broad SMARTS) is 1. The van der Waals surface area contributed by atoms with E-state index in [2.05, 4.69) is 61.0 Å². The summed E-state index contributed by atoms with van der Waals surface area (Å²) in [4.78, 5) is 177. The van der Waals surface area contributed by atoms with Crippen LogP contribution in [0.2, 0.25) is 0 Å². The number of likely N-dealkylation sites (tertiary alicyclic amines) is 5. The minimum atomic E-state index is -0.980. The molecule has 8 aliphatic heterocycles. The Morgan fingerprint density at radius 1 is 0.414 bits per heavy atom. The Bertz CT molecular complexity index is 5020. The number of benzene rings is 6. The van der Waals surface area contributed by atoms with Gasteiger partial charge < -0.3 is 89.0 Å². The molecule has 6 aromatic carbocycles. The molecule has 37 nitrogen and oxygen atoms in total. The molecule has 0 aromatic heterocycles. The van der Waals surface area contributed by atoms with Gasteiger partial charge in [0.1, 0.15) is 66.5 Å². The fraction of sp³-hybridized carbons (Fsp3) is 0.485. The number of carbonyl (C=O) groups excluding carboxylic acids is 12. The number of carboxylic acids is 1. The zero-order chi connectivity index (χ0) is 101. The van der Waals surface area contributed by atoms with E-state index in [-0.39, 0.29) is 92.9 Å². The molecule has 0 bridgehead atoms. The van der Waals surface area contributed by atoms with Gasteiger partial charge in [0, 0.05) is 73.5 Å². The first kappa shape index (κ1) is 107. The minimum absolute atomic E-state index is 0.0298. The van der Waals surface area contributed by atoms with Crippen LogP contribution in [0.25, 0.3) is 0 Å². The zero-order valence-electron chi connectivity index (χ0n) is 81.1. The van der Waals surface area contributed by atoms with Crippen molar-refractivity contribution in [3.05, 3.63) is 218 Å². The second-order valence-electron chi connectivity index (χ2n) is 38.4. The van der Waals surface area contributed by atoms with Crippen molar-refractivity contribution in [2.24, 2.45) is 11.8 Å². The topological polar surface area (TPSA) is 450 Å². The Hall–Kier alpha value is -13.8. The molecule has 37 heteroatoms. The predicted molar refractivity (Wildman–Crippen MR) is 521 cm³/mol. The van der Waals surface area contributed by atoms with Crippen molar-refractivity contribution >= 4 is 101 Å². The molecule has 10 N–H and O–H groups in total. The SMILES string of the molecule is C=CCC(C)C(=O)O.C=CC[C@H](NC(=O)OC(C)(C)C)C(=O)N1CC[C@@H]2[C@H]1[C@@H](OC(=O)Nc1ccccc1)CN2C(=O)OCc1ccccc1.CC(C)(C)OC(=O)C[C@@H](CCCC[C@H](NC(=O)OC(C)(C)C)C(=O)N1CC[C@H]2NC[C@H](OC(=O)Nc3ccccc3)[C@H]21)C(=O)N1CC[C@H]2NC[C@H](OC(=O)Nc3ccccc3)[C@H]21.O=C(Nc1ccccc1)O[C@H]1CN(C(=O)OCc2ccccc2)[C@@H]2CCN[C@H]12. The van der Waals surface area contributed by atoms with Crippen LogP contribution in [0.15, 0.2) is 207 Å². The molecule has 8 fully saturated rings. The number of esters is 1. The summed E-state index contributed by atoms with van der Waals surface area (Å²) in [6.07, 6.45) is 0.269. The standard InChI is InChI=1S/C45H63N7O10.C31H38N4O7.C21H23N3O4.C6H10O2/c1-44(2,3)61-36(53)25-28(39(54)51-23-21-31-37(51)34(26-46-31)59-41(56)48-29-16-9-7-10-17-29)15-13-14-20-33(50-43(58)62-45(4,5)6)40(55)52-24-22-32-38(52)35(27-47-32)60-42(57)49-30-18-11-8-12-19-30;1-5-12-23(33-29(38)42-31(2,3)4)27(36)34-18-17-24-26(34)25(41-28(37)32-22-15-10-7-11-16-22)19-35(24)30(39)40-20-21-13-8-6-9-14-21;25-20(23-16-9-5-2-6-10-16)28-18-13-24(17-11-12-22-19(17)18)21(26)27-14-15-7-3-1-4-8-15;1-3-4-5(2)6(7)8/h7-12,16-19,28,31-35,37-38,46-47H,13-15,20-27H2,1-6H3,(H,48,56)(H,49,57)(H,50,58);5-11,13-16,23-26H,1,12,17-20H2,2-4H3,(H,32,37)(H,33,38);1-10,17-19,22H,11-14H2,(H,23,25);3,5H,1,4H2,2H3,(H,7,8)/t28-,31-,32-,33+,34+,35+,37+,38+;23-,24+,25-,26-;17-,18+,19+;/m101./s1. The number of para-hydroxylation sites is 4. The maximum atomic E-state index is 14.5. The van der Waals surface area contributed by atoms with Crippen molar-refractivity contribution in [2.45, 2.75) is 255 Å². The number of alkyl carbamates (subject to hydrolysis) is 2. The number of allylic oxidation sites excluding steroid dienone is 1. The van der Waals surface area contributed by atoms with Crippen molar-refractivity contribution in [1.29, 1.82) is 0 Å². The van der Waals surface area contributed by atoms with E-state index in [1.54, 1.807) is 180 Å². The second-order valence-corrected chi connectivity index (χ2v) is 38.4. The van der Waals surface area contributed by atoms with Crippen molar-refractivity contribution < 1.29 is 110 Å². The summed E-state index contributed by atoms with van der Waals surface area (Å²) >= 11 is 0. The van der Waals surface area contributed by atoms with Gasteiger partial charge in [0.05, 0.1) is 61.7 Å². The molecule has 140 heavy (non-hydrogen) atoms. The van der Waals surface area contributed by atoms with Crippen LogP contribution in [-0.2, 0) is 79.8 Å². The van der Waals surface area contributed by atoms with Crippen molar-refractivity contribution in [3.8, 4) is 0 Å². The molecule has 0 radical (unpaired) electrons. The van der Waals surface area contributed by atoms with Gasteiger partial charge in [-0.25, -0.2) is 38.4 Å². The fourth-order valence-electron chi connectivity index (χ4n) is 18.3. The van der Waals surface area contributed by atoms with E-state index in [0.29, 0.717) is 107 Å². The number of amides is 11. The molecule has 8 aliphatic rings. The Labute approximate surface area is 816 Å². The molecular formula is C103H134N14O23. The summed E-state index contributed by atoms with van der Waals surface area (Å²) in [5.41, 5.74) is 1.83. The largest absolute Gasteiger partial charge is 0.481 e. The van der Waals surface area contributed by atoms with Crippen molar-refractivity contribution in [3.63, 3.8) is 0 Å². The molecule has 11 amide bonds. The van der Waals surface area contributed by atoms with Gasteiger partial charge in [0.15, 0.2) is 0 Å². The van der Waals surface area contributed by atoms with E-state index in [9.17, 15) is 62.3 Å². The van der Waals surface area contributed by atoms with Crippen LogP contribution in [0.3, 0.4) is 0 Å². The van der Waals surface area contributed by atoms with Gasteiger partial charge in [-0.15, -0.1) is 13.2 Å². The summed E-state index contributed by atoms with van der Waals surface area (Å²) in [5, 5.41) is 34.7. The Balaban J connectivity index is 0.000000206. The Morgan fingerprint density at radius 2 is 0.786 bits per heavy atom. The van der Waals surface area contributed by atoms with Gasteiger partial charge in [-0.1, -0.05) is 165 Å². The number of hydrogen-bond acceptors (Lipinski definition) is 25. The number of nitrogens with zero attached hydrogens (tertiary/aromatic N) is 5. The molecule has 0 saturated carbocycles. The van der Waals surface area contributed by atoms with Crippen LogP contribution < -0.4 is 47.9 Å². The van der Waals surface area contributed by atoms with E-state index < -0.39 is 138 Å². The van der Waals surface area contributed by atoms with Gasteiger partial charge in [-0.2, -0.15) is 0 Å². The van der Waals surface area contributed by atoms with Gasteiger partial charge in [0.2, 0.25) is 17.7 Å².